The van der Waals surface area contributed by atoms with Gasteiger partial charge in [-0.1, -0.05) is 19.1 Å². The zero-order valence-corrected chi connectivity index (χ0v) is 8.61. The van der Waals surface area contributed by atoms with Gasteiger partial charge in [0, 0.05) is 5.92 Å². The van der Waals surface area contributed by atoms with Crippen molar-refractivity contribution in [3.8, 4) is 0 Å². The molecule has 0 heterocycles. The van der Waals surface area contributed by atoms with E-state index in [2.05, 4.69) is 18.2 Å². The first kappa shape index (κ1) is 13.3. The summed E-state index contributed by atoms with van der Waals surface area (Å²) in [6.07, 6.45) is 4.36. The summed E-state index contributed by atoms with van der Waals surface area (Å²) in [5, 5.41) is 8.76. The van der Waals surface area contributed by atoms with Gasteiger partial charge in [-0.25, -0.2) is 9.79 Å². The molecule has 0 spiro atoms. The average molecular weight is 211 g/mol. The van der Waals surface area contributed by atoms with Crippen LogP contribution >= 0.6 is 0 Å². The molecule has 1 N–H and O–H groups in total. The van der Waals surface area contributed by atoms with Crippen LogP contribution in [0.4, 0.5) is 4.39 Å². The molecule has 15 heavy (non-hydrogen) atoms. The second-order valence-corrected chi connectivity index (χ2v) is 2.88. The van der Waals surface area contributed by atoms with E-state index < -0.39 is 17.8 Å². The Hall–Kier alpha value is -1.71. The van der Waals surface area contributed by atoms with Gasteiger partial charge in [-0.3, -0.25) is 0 Å². The van der Waals surface area contributed by atoms with E-state index in [1.807, 2.05) is 0 Å². The molecule has 0 bridgehead atoms. The topological polar surface area (TPSA) is 49.7 Å². The normalized spacial score (nSPS) is 14.5. The lowest BCUT2D eigenvalue weighted by Crippen LogP contribution is -2.20. The predicted octanol–water partition coefficient (Wildman–Crippen LogP) is 2.72. The number of aliphatic carboxylic acids is 1. The highest BCUT2D eigenvalue weighted by Crippen LogP contribution is 2.07. The number of aliphatic imine (C=N–C) groups is 1. The largest absolute Gasteiger partial charge is 0.477 e. The Labute approximate surface area is 88.3 Å². The molecule has 0 aromatic carbocycles. The molecular weight excluding hydrogens is 197 g/mol. The molecule has 0 fully saturated rings. The lowest BCUT2D eigenvalue weighted by Gasteiger charge is -2.04. The van der Waals surface area contributed by atoms with Gasteiger partial charge in [-0.2, -0.15) is 4.39 Å². The highest BCUT2D eigenvalue weighted by Gasteiger charge is 2.15. The minimum atomic E-state index is -1.25. The molecule has 0 aliphatic carbocycles. The van der Waals surface area contributed by atoms with Crippen molar-refractivity contribution in [3.63, 3.8) is 0 Å². The number of carboxylic acid groups (broad SMARTS) is 1. The fourth-order valence-electron chi connectivity index (χ4n) is 0.797. The molecule has 0 rings (SSSR count). The maximum Gasteiger partial charge on any atom is 0.350 e. The number of allylic oxidation sites excluding steroid dienone is 3. The number of carbonyl (C=O) groups is 1. The molecule has 1 atom stereocenters. The van der Waals surface area contributed by atoms with Gasteiger partial charge in [0.15, 0.2) is 0 Å². The number of nitrogens with zero attached hydrogens (tertiary/aromatic N) is 1. The van der Waals surface area contributed by atoms with Gasteiger partial charge in [-0.15, -0.1) is 13.2 Å². The van der Waals surface area contributed by atoms with Crippen molar-refractivity contribution in [1.29, 1.82) is 0 Å². The number of rotatable bonds is 6. The minimum absolute atomic E-state index is 0.261. The molecule has 0 saturated heterocycles. The second kappa shape index (κ2) is 6.70. The highest BCUT2D eigenvalue weighted by molar-refractivity contribution is 6.37. The first-order valence-corrected chi connectivity index (χ1v) is 4.43. The van der Waals surface area contributed by atoms with Crippen molar-refractivity contribution in [2.75, 3.05) is 0 Å². The van der Waals surface area contributed by atoms with Gasteiger partial charge in [0.05, 0.1) is 0 Å². The zero-order chi connectivity index (χ0) is 11.8. The van der Waals surface area contributed by atoms with E-state index in [1.165, 1.54) is 12.2 Å². The van der Waals surface area contributed by atoms with Gasteiger partial charge in [0.25, 0.3) is 0 Å². The fourth-order valence-corrected chi connectivity index (χ4v) is 0.797. The number of hydrogen-bond donors (Lipinski definition) is 1. The molecule has 0 aliphatic heterocycles. The molecule has 0 aromatic rings. The minimum Gasteiger partial charge on any atom is -0.477 e. The summed E-state index contributed by atoms with van der Waals surface area (Å²) < 4.78 is 13.0. The summed E-state index contributed by atoms with van der Waals surface area (Å²) in [6.45, 7) is 8.42. The van der Waals surface area contributed by atoms with Gasteiger partial charge in [0.1, 0.15) is 5.71 Å². The monoisotopic (exact) mass is 211 g/mol. The average Bonchev–Trinajstić information content (AvgIpc) is 2.21. The molecule has 0 amide bonds. The van der Waals surface area contributed by atoms with Crippen LogP contribution in [0.1, 0.15) is 13.3 Å². The fraction of sp³-hybridized carbons (Fsp3) is 0.273. The Balaban J connectivity index is 4.90. The molecular formula is C11H14FNO2. The Morgan fingerprint density at radius 2 is 2.20 bits per heavy atom. The van der Waals surface area contributed by atoms with E-state index in [1.54, 1.807) is 6.92 Å². The molecule has 0 saturated carbocycles. The number of halogens is 1. The lowest BCUT2D eigenvalue weighted by atomic mass is 10.1. The van der Waals surface area contributed by atoms with Crippen LogP contribution in [0.25, 0.3) is 0 Å². The van der Waals surface area contributed by atoms with Crippen molar-refractivity contribution in [2.24, 2.45) is 10.9 Å². The number of carboxylic acids is 1. The van der Waals surface area contributed by atoms with Crippen LogP contribution in [0.15, 0.2) is 42.3 Å². The van der Waals surface area contributed by atoms with Gasteiger partial charge < -0.3 is 5.11 Å². The van der Waals surface area contributed by atoms with Crippen LogP contribution in [-0.4, -0.2) is 16.8 Å². The number of hydrogen-bond acceptors (Lipinski definition) is 2. The molecule has 0 radical (unpaired) electrons. The SMILES string of the molecule is C=CC/C=C(F)\N=C(\C(=O)O)C(C)C=C. The second-order valence-electron chi connectivity index (χ2n) is 2.88. The first-order chi connectivity index (χ1) is 7.02. The molecule has 3 nitrogen and oxygen atoms in total. The van der Waals surface area contributed by atoms with E-state index in [-0.39, 0.29) is 5.71 Å². The predicted molar refractivity (Wildman–Crippen MR) is 58.4 cm³/mol. The van der Waals surface area contributed by atoms with Crippen LogP contribution in [0.3, 0.4) is 0 Å². The van der Waals surface area contributed by atoms with Gasteiger partial charge in [-0.05, 0) is 12.5 Å². The Kier molecular flexibility index (Phi) is 5.94. The molecule has 4 heteroatoms. The molecule has 82 valence electrons. The summed E-state index contributed by atoms with van der Waals surface area (Å²) in [7, 11) is 0. The van der Waals surface area contributed by atoms with Crippen LogP contribution in [0.5, 0.6) is 0 Å². The highest BCUT2D eigenvalue weighted by atomic mass is 19.1. The smallest absolute Gasteiger partial charge is 0.350 e. The van der Waals surface area contributed by atoms with Crippen molar-refractivity contribution in [2.45, 2.75) is 13.3 Å². The van der Waals surface area contributed by atoms with E-state index >= 15 is 0 Å². The summed E-state index contributed by atoms with van der Waals surface area (Å²) in [6, 6.07) is 0. The maximum atomic E-state index is 13.0. The third-order valence-electron chi connectivity index (χ3n) is 1.68. The van der Waals surface area contributed by atoms with Crippen LogP contribution in [-0.2, 0) is 4.79 Å². The van der Waals surface area contributed by atoms with E-state index in [0.29, 0.717) is 6.42 Å². The Morgan fingerprint density at radius 3 is 2.60 bits per heavy atom. The molecule has 1 unspecified atom stereocenters. The summed E-state index contributed by atoms with van der Waals surface area (Å²) in [4.78, 5) is 14.1. The summed E-state index contributed by atoms with van der Waals surface area (Å²) in [5.41, 5.74) is -0.261. The molecule has 0 aromatic heterocycles. The van der Waals surface area contributed by atoms with Crippen molar-refractivity contribution in [3.05, 3.63) is 37.3 Å². The lowest BCUT2D eigenvalue weighted by molar-refractivity contribution is -0.129. The van der Waals surface area contributed by atoms with Crippen molar-refractivity contribution in [1.82, 2.24) is 0 Å². The van der Waals surface area contributed by atoms with Crippen LogP contribution in [0, 0.1) is 5.92 Å². The van der Waals surface area contributed by atoms with E-state index in [4.69, 9.17) is 5.11 Å². The standard InChI is InChI=1S/C11H14FNO2/c1-4-6-7-9(12)13-10(11(14)15)8(3)5-2/h4-5,7-8H,1-2,6H2,3H3,(H,14,15)/b9-7-,13-10+. The molecule has 0 aliphatic rings. The Morgan fingerprint density at radius 1 is 1.60 bits per heavy atom. The quantitative estimate of drug-likeness (QED) is 0.417. The summed E-state index contributed by atoms with van der Waals surface area (Å²) in [5.74, 6) is -2.56. The van der Waals surface area contributed by atoms with E-state index in [0.717, 1.165) is 6.08 Å². The summed E-state index contributed by atoms with van der Waals surface area (Å²) >= 11 is 0. The first-order valence-electron chi connectivity index (χ1n) is 4.43. The third-order valence-corrected chi connectivity index (χ3v) is 1.68. The third kappa shape index (κ3) is 4.90. The van der Waals surface area contributed by atoms with Crippen LogP contribution < -0.4 is 0 Å². The van der Waals surface area contributed by atoms with Gasteiger partial charge >= 0.3 is 5.97 Å². The van der Waals surface area contributed by atoms with Crippen molar-refractivity contribution < 1.29 is 14.3 Å². The Bertz CT molecular complexity index is 319. The maximum absolute atomic E-state index is 13.0. The van der Waals surface area contributed by atoms with E-state index in [9.17, 15) is 9.18 Å². The van der Waals surface area contributed by atoms with Crippen molar-refractivity contribution >= 4 is 11.7 Å². The van der Waals surface area contributed by atoms with Gasteiger partial charge in [0.2, 0.25) is 5.95 Å². The zero-order valence-electron chi connectivity index (χ0n) is 8.61. The van der Waals surface area contributed by atoms with Crippen LogP contribution in [0.2, 0.25) is 0 Å².